The second-order valence-corrected chi connectivity index (χ2v) is 4.79. The van der Waals surface area contributed by atoms with Crippen LogP contribution < -0.4 is 4.74 Å². The van der Waals surface area contributed by atoms with Crippen LogP contribution >= 0.6 is 0 Å². The number of aromatic carboxylic acids is 1. The molecule has 0 saturated heterocycles. The van der Waals surface area contributed by atoms with Gasteiger partial charge in [-0.25, -0.2) is 4.79 Å². The topological polar surface area (TPSA) is 76.7 Å². The summed E-state index contributed by atoms with van der Waals surface area (Å²) in [6.07, 6.45) is 1.43. The van der Waals surface area contributed by atoms with Gasteiger partial charge in [0.1, 0.15) is 5.75 Å². The Morgan fingerprint density at radius 1 is 1.05 bits per heavy atom. The summed E-state index contributed by atoms with van der Waals surface area (Å²) in [5.41, 5.74) is 1.84. The van der Waals surface area contributed by atoms with E-state index in [1.165, 1.54) is 13.2 Å². The van der Waals surface area contributed by atoms with Crippen LogP contribution in [-0.4, -0.2) is 17.0 Å². The number of fused-ring (bicyclic) bond motifs is 1. The normalized spacial score (nSPS) is 10.6. The summed E-state index contributed by atoms with van der Waals surface area (Å²) in [5, 5.41) is 10.3. The number of carbonyl (C=O) groups excluding carboxylic acids is 1. The van der Waals surface area contributed by atoms with Gasteiger partial charge in [-0.05, 0) is 35.4 Å². The summed E-state index contributed by atoms with van der Waals surface area (Å²) in [6.45, 7) is 1.35. The highest BCUT2D eigenvalue weighted by Crippen LogP contribution is 2.28. The molecule has 0 saturated carbocycles. The minimum absolute atomic E-state index is 0.0632. The molecule has 3 aromatic rings. The van der Waals surface area contributed by atoms with E-state index in [0.29, 0.717) is 11.1 Å². The van der Waals surface area contributed by atoms with Crippen LogP contribution in [0.1, 0.15) is 17.5 Å². The number of carboxylic acids is 1. The van der Waals surface area contributed by atoms with Crippen LogP contribution in [0.5, 0.6) is 5.75 Å². The lowest BCUT2D eigenvalue weighted by atomic mass is 10.0. The SMILES string of the molecule is CC(=O)Oc1ccc(-c2ccc3c(C(=O)O)occ3c2)cc1. The molecule has 0 aliphatic heterocycles. The molecule has 0 aliphatic carbocycles. The maximum atomic E-state index is 11.0. The average molecular weight is 296 g/mol. The number of esters is 1. The van der Waals surface area contributed by atoms with E-state index in [-0.39, 0.29) is 11.7 Å². The van der Waals surface area contributed by atoms with Gasteiger partial charge in [-0.15, -0.1) is 0 Å². The first-order valence-electron chi connectivity index (χ1n) is 6.58. The molecular weight excluding hydrogens is 284 g/mol. The maximum absolute atomic E-state index is 11.0. The minimum atomic E-state index is -1.09. The van der Waals surface area contributed by atoms with Gasteiger partial charge in [0.15, 0.2) is 0 Å². The van der Waals surface area contributed by atoms with E-state index in [2.05, 4.69) is 0 Å². The average Bonchev–Trinajstić information content (AvgIpc) is 2.90. The van der Waals surface area contributed by atoms with Crippen LogP contribution in [0.25, 0.3) is 21.9 Å². The van der Waals surface area contributed by atoms with Crippen LogP contribution in [0.3, 0.4) is 0 Å². The molecule has 0 amide bonds. The largest absolute Gasteiger partial charge is 0.475 e. The van der Waals surface area contributed by atoms with Gasteiger partial charge in [0.2, 0.25) is 5.76 Å². The Kier molecular flexibility index (Phi) is 3.39. The zero-order valence-corrected chi connectivity index (χ0v) is 11.7. The van der Waals surface area contributed by atoms with E-state index in [1.807, 2.05) is 24.3 Å². The van der Waals surface area contributed by atoms with Gasteiger partial charge < -0.3 is 14.3 Å². The van der Waals surface area contributed by atoms with Crippen LogP contribution in [0, 0.1) is 0 Å². The summed E-state index contributed by atoms with van der Waals surface area (Å²) in [7, 11) is 0. The van der Waals surface area contributed by atoms with E-state index < -0.39 is 5.97 Å². The molecule has 0 bridgehead atoms. The lowest BCUT2D eigenvalue weighted by Gasteiger charge is -2.04. The summed E-state index contributed by atoms with van der Waals surface area (Å²) >= 11 is 0. The molecule has 5 heteroatoms. The highest BCUT2D eigenvalue weighted by atomic mass is 16.5. The van der Waals surface area contributed by atoms with Crippen LogP contribution in [-0.2, 0) is 4.79 Å². The van der Waals surface area contributed by atoms with Crippen molar-refractivity contribution in [3.8, 4) is 16.9 Å². The Hall–Kier alpha value is -3.08. The fourth-order valence-corrected chi connectivity index (χ4v) is 2.28. The predicted molar refractivity (Wildman–Crippen MR) is 79.9 cm³/mol. The Morgan fingerprint density at radius 2 is 1.73 bits per heavy atom. The maximum Gasteiger partial charge on any atom is 0.372 e. The lowest BCUT2D eigenvalue weighted by Crippen LogP contribution is -2.00. The van der Waals surface area contributed by atoms with Gasteiger partial charge in [-0.2, -0.15) is 0 Å². The van der Waals surface area contributed by atoms with Gasteiger partial charge in [0, 0.05) is 17.7 Å². The van der Waals surface area contributed by atoms with Crippen molar-refractivity contribution in [1.82, 2.24) is 0 Å². The number of benzene rings is 2. The van der Waals surface area contributed by atoms with Crippen molar-refractivity contribution in [2.24, 2.45) is 0 Å². The Labute approximate surface area is 125 Å². The smallest absolute Gasteiger partial charge is 0.372 e. The van der Waals surface area contributed by atoms with Gasteiger partial charge in [0.25, 0.3) is 0 Å². The van der Waals surface area contributed by atoms with Gasteiger partial charge in [-0.3, -0.25) is 4.79 Å². The number of ether oxygens (including phenoxy) is 1. The Morgan fingerprint density at radius 3 is 2.36 bits per heavy atom. The lowest BCUT2D eigenvalue weighted by molar-refractivity contribution is -0.131. The number of hydrogen-bond acceptors (Lipinski definition) is 4. The van der Waals surface area contributed by atoms with Gasteiger partial charge in [0.05, 0.1) is 6.26 Å². The molecule has 3 rings (SSSR count). The summed E-state index contributed by atoms with van der Waals surface area (Å²) in [4.78, 5) is 21.9. The van der Waals surface area contributed by atoms with E-state index in [0.717, 1.165) is 16.5 Å². The third kappa shape index (κ3) is 2.56. The molecule has 0 spiro atoms. The van der Waals surface area contributed by atoms with E-state index in [9.17, 15) is 9.59 Å². The van der Waals surface area contributed by atoms with E-state index >= 15 is 0 Å². The molecule has 0 radical (unpaired) electrons. The van der Waals surface area contributed by atoms with Crippen molar-refractivity contribution in [2.75, 3.05) is 0 Å². The second-order valence-electron chi connectivity index (χ2n) is 4.79. The number of rotatable bonds is 3. The number of carboxylic acid groups (broad SMARTS) is 1. The Balaban J connectivity index is 1.96. The Bertz CT molecular complexity index is 858. The molecule has 2 aromatic carbocycles. The van der Waals surface area contributed by atoms with E-state index in [4.69, 9.17) is 14.3 Å². The third-order valence-electron chi connectivity index (χ3n) is 3.24. The van der Waals surface area contributed by atoms with Crippen molar-refractivity contribution < 1.29 is 23.8 Å². The predicted octanol–water partition coefficient (Wildman–Crippen LogP) is 3.72. The van der Waals surface area contributed by atoms with Crippen molar-refractivity contribution in [2.45, 2.75) is 6.92 Å². The minimum Gasteiger partial charge on any atom is -0.475 e. The molecule has 0 fully saturated rings. The van der Waals surface area contributed by atoms with Crippen LogP contribution in [0.15, 0.2) is 53.1 Å². The molecule has 5 nitrogen and oxygen atoms in total. The van der Waals surface area contributed by atoms with Gasteiger partial charge >= 0.3 is 11.9 Å². The molecule has 1 N–H and O–H groups in total. The zero-order valence-electron chi connectivity index (χ0n) is 11.7. The van der Waals surface area contributed by atoms with Crippen LogP contribution in [0.2, 0.25) is 0 Å². The first-order valence-corrected chi connectivity index (χ1v) is 6.58. The highest BCUT2D eigenvalue weighted by Gasteiger charge is 2.13. The summed E-state index contributed by atoms with van der Waals surface area (Å²) in [5.74, 6) is -1.04. The fourth-order valence-electron chi connectivity index (χ4n) is 2.28. The quantitative estimate of drug-likeness (QED) is 0.588. The highest BCUT2D eigenvalue weighted by molar-refractivity contribution is 6.02. The van der Waals surface area contributed by atoms with E-state index in [1.54, 1.807) is 18.2 Å². The fraction of sp³-hybridized carbons (Fsp3) is 0.0588. The van der Waals surface area contributed by atoms with Gasteiger partial charge in [-0.1, -0.05) is 18.2 Å². The first kappa shape index (κ1) is 13.9. The standard InChI is InChI=1S/C17H12O5/c1-10(18)22-14-5-2-11(3-6-14)12-4-7-15-13(8-12)9-21-16(15)17(19)20/h2-9H,1H3,(H,19,20). The summed E-state index contributed by atoms with van der Waals surface area (Å²) in [6, 6.07) is 12.5. The monoisotopic (exact) mass is 296 g/mol. The van der Waals surface area contributed by atoms with Crippen molar-refractivity contribution in [1.29, 1.82) is 0 Å². The first-order chi connectivity index (χ1) is 10.5. The molecular formula is C17H12O5. The second kappa shape index (κ2) is 5.37. The number of hydrogen-bond donors (Lipinski definition) is 1. The van der Waals surface area contributed by atoms with Crippen molar-refractivity contribution in [3.05, 3.63) is 54.5 Å². The zero-order chi connectivity index (χ0) is 15.7. The molecule has 1 aromatic heterocycles. The van der Waals surface area contributed by atoms with Crippen molar-refractivity contribution >= 4 is 22.7 Å². The molecule has 110 valence electrons. The molecule has 1 heterocycles. The number of carbonyl (C=O) groups is 2. The molecule has 0 aliphatic rings. The van der Waals surface area contributed by atoms with Crippen molar-refractivity contribution in [3.63, 3.8) is 0 Å². The molecule has 0 atom stereocenters. The molecule has 22 heavy (non-hydrogen) atoms. The third-order valence-corrected chi connectivity index (χ3v) is 3.24. The van der Waals surface area contributed by atoms with Crippen LogP contribution in [0.4, 0.5) is 0 Å². The summed E-state index contributed by atoms with van der Waals surface area (Å²) < 4.78 is 10.1. The molecule has 0 unspecified atom stereocenters. The number of furan rings is 1.